The molecule has 4 nitrogen and oxygen atoms in total. The largest absolute Gasteiger partial charge is 0.355 e. The molecule has 102 valence electrons. The Bertz CT molecular complexity index is 577. The van der Waals surface area contributed by atoms with Gasteiger partial charge >= 0.3 is 0 Å². The van der Waals surface area contributed by atoms with Crippen molar-refractivity contribution in [3.8, 4) is 0 Å². The number of hydrogen-bond donors (Lipinski definition) is 1. The molecule has 2 rings (SSSR count). The number of aryl methyl sites for hydroxylation is 2. The summed E-state index contributed by atoms with van der Waals surface area (Å²) < 4.78 is 2.99. The third kappa shape index (κ3) is 2.98. The fraction of sp³-hybridized carbons (Fsp3) is 0.357. The summed E-state index contributed by atoms with van der Waals surface area (Å²) in [7, 11) is 4.02. The highest BCUT2D eigenvalue weighted by atomic mass is 79.9. The van der Waals surface area contributed by atoms with Crippen molar-refractivity contribution < 1.29 is 0 Å². The fourth-order valence-electron chi connectivity index (χ4n) is 2.39. The third-order valence-electron chi connectivity index (χ3n) is 3.19. The molecule has 19 heavy (non-hydrogen) atoms. The van der Waals surface area contributed by atoms with Gasteiger partial charge in [0.05, 0.1) is 5.69 Å². The van der Waals surface area contributed by atoms with Crippen molar-refractivity contribution in [3.05, 3.63) is 45.6 Å². The summed E-state index contributed by atoms with van der Waals surface area (Å²) in [5.74, 6) is 1.08. The van der Waals surface area contributed by atoms with E-state index in [1.807, 2.05) is 30.8 Å². The van der Waals surface area contributed by atoms with Crippen molar-refractivity contribution in [2.24, 2.45) is 12.8 Å². The molecule has 1 aromatic carbocycles. The molecule has 0 amide bonds. The Balaban J connectivity index is 2.27. The maximum Gasteiger partial charge on any atom is 0.131 e. The van der Waals surface area contributed by atoms with Crippen molar-refractivity contribution in [2.45, 2.75) is 20.0 Å². The molecule has 5 heteroatoms. The van der Waals surface area contributed by atoms with Gasteiger partial charge in [-0.25, -0.2) is 0 Å². The van der Waals surface area contributed by atoms with Crippen LogP contribution in [0.3, 0.4) is 0 Å². The monoisotopic (exact) mass is 322 g/mol. The zero-order valence-electron chi connectivity index (χ0n) is 11.5. The highest BCUT2D eigenvalue weighted by Gasteiger charge is 2.15. The van der Waals surface area contributed by atoms with Gasteiger partial charge in [0.25, 0.3) is 0 Å². The molecule has 2 N–H and O–H groups in total. The lowest BCUT2D eigenvalue weighted by Gasteiger charge is -2.21. The number of aromatic nitrogens is 2. The number of anilines is 1. The average molecular weight is 323 g/mol. The van der Waals surface area contributed by atoms with E-state index in [1.165, 1.54) is 5.56 Å². The first-order chi connectivity index (χ1) is 9.02. The van der Waals surface area contributed by atoms with Crippen molar-refractivity contribution in [3.63, 3.8) is 0 Å². The van der Waals surface area contributed by atoms with Gasteiger partial charge in [-0.05, 0) is 24.6 Å². The Labute approximate surface area is 122 Å². The summed E-state index contributed by atoms with van der Waals surface area (Å²) in [6.07, 6.45) is 0. The minimum Gasteiger partial charge on any atom is -0.355 e. The number of rotatable bonds is 4. The first kappa shape index (κ1) is 14.1. The predicted octanol–water partition coefficient (Wildman–Crippen LogP) is 2.59. The van der Waals surface area contributed by atoms with Crippen molar-refractivity contribution >= 4 is 21.7 Å². The van der Waals surface area contributed by atoms with E-state index >= 15 is 0 Å². The number of nitrogens with zero attached hydrogens (tertiary/aromatic N) is 3. The highest BCUT2D eigenvalue weighted by molar-refractivity contribution is 9.10. The summed E-state index contributed by atoms with van der Waals surface area (Å²) >= 11 is 3.50. The number of nitrogens with two attached hydrogens (primary N) is 1. The van der Waals surface area contributed by atoms with Crippen LogP contribution >= 0.6 is 15.9 Å². The third-order valence-corrected chi connectivity index (χ3v) is 3.68. The molecular formula is C14H19BrN4. The van der Waals surface area contributed by atoms with Gasteiger partial charge < -0.3 is 10.6 Å². The Kier molecular flexibility index (Phi) is 4.27. The molecule has 0 aliphatic rings. The van der Waals surface area contributed by atoms with Crippen molar-refractivity contribution in [1.82, 2.24) is 9.78 Å². The van der Waals surface area contributed by atoms with E-state index in [2.05, 4.69) is 45.1 Å². The number of halogens is 1. The van der Waals surface area contributed by atoms with Crippen LogP contribution < -0.4 is 10.6 Å². The van der Waals surface area contributed by atoms with Crippen LogP contribution in [0.2, 0.25) is 0 Å². The average Bonchev–Trinajstić information content (AvgIpc) is 2.63. The van der Waals surface area contributed by atoms with Gasteiger partial charge in [0.15, 0.2) is 0 Å². The topological polar surface area (TPSA) is 47.1 Å². The standard InChI is InChI=1S/C14H19BrN4/c1-10-13(8-16)14(19(3)17-10)18(2)9-11-5-4-6-12(15)7-11/h4-7H,8-9,16H2,1-3H3. The number of benzene rings is 1. The van der Waals surface area contributed by atoms with Crippen LogP contribution in [0.1, 0.15) is 16.8 Å². The molecule has 0 aliphatic carbocycles. The zero-order chi connectivity index (χ0) is 14.0. The van der Waals surface area contributed by atoms with E-state index in [0.717, 1.165) is 28.1 Å². The van der Waals surface area contributed by atoms with E-state index < -0.39 is 0 Å². The van der Waals surface area contributed by atoms with E-state index in [-0.39, 0.29) is 0 Å². The first-order valence-corrected chi connectivity index (χ1v) is 7.00. The van der Waals surface area contributed by atoms with Crippen LogP contribution in [-0.2, 0) is 20.1 Å². The van der Waals surface area contributed by atoms with Crippen molar-refractivity contribution in [2.75, 3.05) is 11.9 Å². The van der Waals surface area contributed by atoms with Crippen LogP contribution in [0.4, 0.5) is 5.82 Å². The predicted molar refractivity (Wildman–Crippen MR) is 82.1 cm³/mol. The summed E-state index contributed by atoms with van der Waals surface area (Å²) in [5.41, 5.74) is 9.19. The molecule has 0 bridgehead atoms. The summed E-state index contributed by atoms with van der Waals surface area (Å²) in [6.45, 7) is 3.34. The van der Waals surface area contributed by atoms with Gasteiger partial charge in [0.1, 0.15) is 5.82 Å². The van der Waals surface area contributed by atoms with Crippen LogP contribution in [0.25, 0.3) is 0 Å². The van der Waals surface area contributed by atoms with Crippen LogP contribution in [-0.4, -0.2) is 16.8 Å². The van der Waals surface area contributed by atoms with Crippen LogP contribution in [0.5, 0.6) is 0 Å². The Hall–Kier alpha value is -1.33. The smallest absolute Gasteiger partial charge is 0.131 e. The summed E-state index contributed by atoms with van der Waals surface area (Å²) in [5, 5.41) is 4.45. The van der Waals surface area contributed by atoms with Gasteiger partial charge in [-0.3, -0.25) is 4.68 Å². The van der Waals surface area contributed by atoms with Gasteiger partial charge in [-0.2, -0.15) is 5.10 Å². The van der Waals surface area contributed by atoms with Gasteiger partial charge in [-0.1, -0.05) is 28.1 Å². The lowest BCUT2D eigenvalue weighted by Crippen LogP contribution is -2.21. The van der Waals surface area contributed by atoms with E-state index in [0.29, 0.717) is 6.54 Å². The molecule has 0 radical (unpaired) electrons. The lowest BCUT2D eigenvalue weighted by molar-refractivity contribution is 0.725. The molecule has 0 spiro atoms. The normalized spacial score (nSPS) is 10.8. The Morgan fingerprint density at radius 3 is 2.79 bits per heavy atom. The van der Waals surface area contributed by atoms with Crippen molar-refractivity contribution in [1.29, 1.82) is 0 Å². The molecule has 1 heterocycles. The summed E-state index contributed by atoms with van der Waals surface area (Å²) in [4.78, 5) is 2.18. The minimum absolute atomic E-state index is 0.512. The lowest BCUT2D eigenvalue weighted by atomic mass is 10.2. The molecule has 0 aliphatic heterocycles. The van der Waals surface area contributed by atoms with E-state index in [9.17, 15) is 0 Å². The molecule has 0 saturated heterocycles. The molecular weight excluding hydrogens is 304 g/mol. The second-order valence-electron chi connectivity index (χ2n) is 4.70. The van der Waals surface area contributed by atoms with Crippen LogP contribution in [0.15, 0.2) is 28.7 Å². The molecule has 0 unspecified atom stereocenters. The fourth-order valence-corrected chi connectivity index (χ4v) is 2.84. The second kappa shape index (κ2) is 5.75. The van der Waals surface area contributed by atoms with Gasteiger partial charge in [0, 0.05) is 37.2 Å². The molecule has 2 aromatic rings. The maximum atomic E-state index is 5.83. The van der Waals surface area contributed by atoms with E-state index in [4.69, 9.17) is 5.73 Å². The molecule has 1 aromatic heterocycles. The Morgan fingerprint density at radius 1 is 1.42 bits per heavy atom. The first-order valence-electron chi connectivity index (χ1n) is 6.21. The number of hydrogen-bond acceptors (Lipinski definition) is 3. The van der Waals surface area contributed by atoms with Gasteiger partial charge in [-0.15, -0.1) is 0 Å². The molecule has 0 saturated carbocycles. The summed E-state index contributed by atoms with van der Waals surface area (Å²) in [6, 6.07) is 8.32. The van der Waals surface area contributed by atoms with Crippen LogP contribution in [0, 0.1) is 6.92 Å². The highest BCUT2D eigenvalue weighted by Crippen LogP contribution is 2.23. The second-order valence-corrected chi connectivity index (χ2v) is 5.62. The molecule has 0 fully saturated rings. The Morgan fingerprint density at radius 2 is 2.16 bits per heavy atom. The van der Waals surface area contributed by atoms with E-state index in [1.54, 1.807) is 0 Å². The van der Waals surface area contributed by atoms with Gasteiger partial charge in [0.2, 0.25) is 0 Å². The quantitative estimate of drug-likeness (QED) is 0.941. The SMILES string of the molecule is Cc1nn(C)c(N(C)Cc2cccc(Br)c2)c1CN. The molecule has 0 atom stereocenters. The zero-order valence-corrected chi connectivity index (χ0v) is 13.1. The maximum absolute atomic E-state index is 5.83. The minimum atomic E-state index is 0.512.